The lowest BCUT2D eigenvalue weighted by molar-refractivity contribution is -0.141. The minimum Gasteiger partial charge on any atom is -0.480 e. The van der Waals surface area contributed by atoms with Crippen LogP contribution in [0.1, 0.15) is 23.6 Å². The summed E-state index contributed by atoms with van der Waals surface area (Å²) in [7, 11) is 0. The van der Waals surface area contributed by atoms with Crippen LogP contribution in [0.4, 0.5) is 0 Å². The van der Waals surface area contributed by atoms with Crippen LogP contribution in [0.25, 0.3) is 0 Å². The predicted molar refractivity (Wildman–Crippen MR) is 87.8 cm³/mol. The number of carbonyl (C=O) groups is 2. The molecule has 1 unspecified atom stereocenters. The minimum absolute atomic E-state index is 0.237. The van der Waals surface area contributed by atoms with Gasteiger partial charge in [0.1, 0.15) is 6.04 Å². The van der Waals surface area contributed by atoms with Gasteiger partial charge in [-0.25, -0.2) is 4.79 Å². The monoisotopic (exact) mass is 307 g/mol. The molecule has 0 radical (unpaired) electrons. The Morgan fingerprint density at radius 1 is 1.00 bits per heavy atom. The average Bonchev–Trinajstić information content (AvgIpc) is 2.54. The first kappa shape index (κ1) is 16.3. The summed E-state index contributed by atoms with van der Waals surface area (Å²) in [5, 5.41) is 11.5. The summed E-state index contributed by atoms with van der Waals surface area (Å²) in [6, 6.07) is 16.1. The molecule has 4 nitrogen and oxygen atoms in total. The molecule has 1 atom stereocenters. The number of rotatable bonds is 4. The molecule has 0 bridgehead atoms. The fourth-order valence-corrected chi connectivity index (χ4v) is 2.07. The third-order valence-electron chi connectivity index (χ3n) is 3.19. The molecule has 0 saturated carbocycles. The Morgan fingerprint density at radius 2 is 1.57 bits per heavy atom. The third kappa shape index (κ3) is 5.33. The van der Waals surface area contributed by atoms with Crippen molar-refractivity contribution in [1.82, 2.24) is 5.32 Å². The van der Waals surface area contributed by atoms with Crippen LogP contribution >= 0.6 is 0 Å². The highest BCUT2D eigenvalue weighted by Crippen LogP contribution is 2.07. The maximum Gasteiger partial charge on any atom is 0.326 e. The van der Waals surface area contributed by atoms with E-state index in [1.807, 2.05) is 54.6 Å². The highest BCUT2D eigenvalue weighted by molar-refractivity contribution is 5.82. The molecule has 116 valence electrons. The lowest BCUT2D eigenvalue weighted by Gasteiger charge is -2.13. The van der Waals surface area contributed by atoms with Crippen molar-refractivity contribution < 1.29 is 14.7 Å². The molecule has 0 saturated heterocycles. The SMILES string of the molecule is CC(=O)NC(Cc1ccc(C#Cc2ccccc2)cc1)C(=O)O. The van der Waals surface area contributed by atoms with Gasteiger partial charge in [-0.1, -0.05) is 42.2 Å². The second-order valence-electron chi connectivity index (χ2n) is 5.11. The second kappa shape index (κ2) is 7.81. The van der Waals surface area contributed by atoms with Crippen molar-refractivity contribution in [2.45, 2.75) is 19.4 Å². The van der Waals surface area contributed by atoms with Gasteiger partial charge in [0.25, 0.3) is 0 Å². The van der Waals surface area contributed by atoms with E-state index in [-0.39, 0.29) is 12.3 Å². The van der Waals surface area contributed by atoms with Crippen LogP contribution in [0.3, 0.4) is 0 Å². The molecule has 0 aliphatic heterocycles. The molecule has 2 aromatic carbocycles. The van der Waals surface area contributed by atoms with E-state index in [0.29, 0.717) is 0 Å². The van der Waals surface area contributed by atoms with Gasteiger partial charge in [0.15, 0.2) is 0 Å². The standard InChI is InChI=1S/C19H17NO3/c1-14(21)20-18(19(22)23)13-17-11-9-16(10-12-17)8-7-15-5-3-2-4-6-15/h2-6,9-12,18H,13H2,1H3,(H,20,21)(H,22,23). The lowest BCUT2D eigenvalue weighted by atomic mass is 10.0. The Bertz CT molecular complexity index is 740. The van der Waals surface area contributed by atoms with Gasteiger partial charge in [0, 0.05) is 24.5 Å². The molecule has 0 aromatic heterocycles. The van der Waals surface area contributed by atoms with E-state index >= 15 is 0 Å². The third-order valence-corrected chi connectivity index (χ3v) is 3.19. The molecule has 0 aliphatic rings. The molecule has 2 rings (SSSR count). The highest BCUT2D eigenvalue weighted by atomic mass is 16.4. The molecule has 23 heavy (non-hydrogen) atoms. The van der Waals surface area contributed by atoms with Crippen molar-refractivity contribution in [3.05, 3.63) is 71.3 Å². The molecule has 2 aromatic rings. The minimum atomic E-state index is -1.05. The van der Waals surface area contributed by atoms with Crippen LogP contribution < -0.4 is 5.32 Å². The fraction of sp³-hybridized carbons (Fsp3) is 0.158. The number of carboxylic acids is 1. The van der Waals surface area contributed by atoms with Gasteiger partial charge < -0.3 is 10.4 Å². The largest absolute Gasteiger partial charge is 0.480 e. The van der Waals surface area contributed by atoms with Gasteiger partial charge in [-0.2, -0.15) is 0 Å². The van der Waals surface area contributed by atoms with Crippen molar-refractivity contribution in [3.63, 3.8) is 0 Å². The number of carboxylic acid groups (broad SMARTS) is 1. The summed E-state index contributed by atoms with van der Waals surface area (Å²) in [6.45, 7) is 1.30. The van der Waals surface area contributed by atoms with Crippen LogP contribution in [0.5, 0.6) is 0 Å². The molecule has 0 heterocycles. The number of nitrogens with one attached hydrogen (secondary N) is 1. The Kier molecular flexibility index (Phi) is 5.54. The van der Waals surface area contributed by atoms with Gasteiger partial charge in [0.2, 0.25) is 5.91 Å². The summed E-state index contributed by atoms with van der Waals surface area (Å²) in [5.41, 5.74) is 2.62. The molecule has 0 spiro atoms. The van der Waals surface area contributed by atoms with Crippen molar-refractivity contribution in [3.8, 4) is 11.8 Å². The Morgan fingerprint density at radius 3 is 2.09 bits per heavy atom. The van der Waals surface area contributed by atoms with Gasteiger partial charge in [-0.05, 0) is 29.8 Å². The number of carbonyl (C=O) groups excluding carboxylic acids is 1. The zero-order chi connectivity index (χ0) is 16.7. The zero-order valence-electron chi connectivity index (χ0n) is 12.7. The number of hydrogen-bond donors (Lipinski definition) is 2. The van der Waals surface area contributed by atoms with Crippen molar-refractivity contribution in [1.29, 1.82) is 0 Å². The predicted octanol–water partition coefficient (Wildman–Crippen LogP) is 2.22. The molecule has 0 aliphatic carbocycles. The van der Waals surface area contributed by atoms with Crippen LogP contribution in [0.2, 0.25) is 0 Å². The van der Waals surface area contributed by atoms with Crippen LogP contribution in [0.15, 0.2) is 54.6 Å². The lowest BCUT2D eigenvalue weighted by Crippen LogP contribution is -2.41. The molecular weight excluding hydrogens is 290 g/mol. The normalized spacial score (nSPS) is 11.0. The maximum absolute atomic E-state index is 11.1. The van der Waals surface area contributed by atoms with E-state index in [2.05, 4.69) is 17.2 Å². The smallest absolute Gasteiger partial charge is 0.326 e. The number of amides is 1. The first-order valence-corrected chi connectivity index (χ1v) is 7.20. The van der Waals surface area contributed by atoms with E-state index in [4.69, 9.17) is 5.11 Å². The molecule has 1 amide bonds. The molecule has 0 fully saturated rings. The number of hydrogen-bond acceptors (Lipinski definition) is 2. The summed E-state index contributed by atoms with van der Waals surface area (Å²) >= 11 is 0. The zero-order valence-corrected chi connectivity index (χ0v) is 12.7. The molecular formula is C19H17NO3. The number of aliphatic carboxylic acids is 1. The van der Waals surface area contributed by atoms with E-state index in [0.717, 1.165) is 16.7 Å². The fourth-order valence-electron chi connectivity index (χ4n) is 2.07. The first-order chi connectivity index (χ1) is 11.0. The summed E-state index contributed by atoms with van der Waals surface area (Å²) in [5.74, 6) is 4.72. The van der Waals surface area contributed by atoms with Crippen LogP contribution in [-0.4, -0.2) is 23.0 Å². The van der Waals surface area contributed by atoms with Gasteiger partial charge >= 0.3 is 5.97 Å². The number of benzene rings is 2. The second-order valence-corrected chi connectivity index (χ2v) is 5.11. The van der Waals surface area contributed by atoms with Gasteiger partial charge in [-0.15, -0.1) is 0 Å². The van der Waals surface area contributed by atoms with Gasteiger partial charge in [0.05, 0.1) is 0 Å². The average molecular weight is 307 g/mol. The topological polar surface area (TPSA) is 66.4 Å². The van der Waals surface area contributed by atoms with Crippen molar-refractivity contribution >= 4 is 11.9 Å². The quantitative estimate of drug-likeness (QED) is 0.851. The molecule has 4 heteroatoms. The van der Waals surface area contributed by atoms with Crippen molar-refractivity contribution in [2.24, 2.45) is 0 Å². The Labute approximate surface area is 135 Å². The van der Waals surface area contributed by atoms with Gasteiger partial charge in [-0.3, -0.25) is 4.79 Å². The van der Waals surface area contributed by atoms with E-state index in [1.165, 1.54) is 6.92 Å². The van der Waals surface area contributed by atoms with Crippen LogP contribution in [-0.2, 0) is 16.0 Å². The summed E-state index contributed by atoms with van der Waals surface area (Å²) in [4.78, 5) is 22.2. The maximum atomic E-state index is 11.1. The summed E-state index contributed by atoms with van der Waals surface area (Å²) < 4.78 is 0. The molecule has 2 N–H and O–H groups in total. The first-order valence-electron chi connectivity index (χ1n) is 7.20. The van der Waals surface area contributed by atoms with Crippen molar-refractivity contribution in [2.75, 3.05) is 0 Å². The van der Waals surface area contributed by atoms with E-state index < -0.39 is 12.0 Å². The van der Waals surface area contributed by atoms with E-state index in [1.54, 1.807) is 0 Å². The highest BCUT2D eigenvalue weighted by Gasteiger charge is 2.18. The summed E-state index contributed by atoms with van der Waals surface area (Å²) in [6.07, 6.45) is 0.237. The Balaban J connectivity index is 2.06. The van der Waals surface area contributed by atoms with Crippen LogP contribution in [0, 0.1) is 11.8 Å². The van der Waals surface area contributed by atoms with E-state index in [9.17, 15) is 9.59 Å². The Hall–Kier alpha value is -3.06.